The third kappa shape index (κ3) is 5.05. The number of nitrogens with zero attached hydrogens (tertiary/aromatic N) is 1. The average Bonchev–Trinajstić information content (AvgIpc) is 3.07. The molecular formula is C19H25NO5. The van der Waals surface area contributed by atoms with Gasteiger partial charge in [-0.25, -0.2) is 4.79 Å². The summed E-state index contributed by atoms with van der Waals surface area (Å²) in [5, 5.41) is 0. The van der Waals surface area contributed by atoms with Crippen molar-refractivity contribution in [2.24, 2.45) is 5.92 Å². The standard InChI is InChI=1S/C19H25NO5/c1-13(2)17(25-14(3)21)18(22)20-11-7-10-16(20)19(23)24-12-15-8-5-4-6-9-15/h4-6,8-9,13,16-17H,7,10-12H2,1-3H3/t16-,17+/m0/s1. The molecule has 1 amide bonds. The molecule has 1 aromatic carbocycles. The molecule has 1 aliphatic heterocycles. The molecule has 1 fully saturated rings. The molecule has 0 aromatic heterocycles. The van der Waals surface area contributed by atoms with E-state index >= 15 is 0 Å². The molecule has 0 spiro atoms. The fourth-order valence-electron chi connectivity index (χ4n) is 2.91. The molecule has 1 saturated heterocycles. The SMILES string of the molecule is CC(=O)O[C@@H](C(=O)N1CCC[C@H]1C(=O)OCc1ccccc1)C(C)C. The molecule has 6 heteroatoms. The predicted molar refractivity (Wildman–Crippen MR) is 91.4 cm³/mol. The lowest BCUT2D eigenvalue weighted by molar-refractivity contribution is -0.165. The minimum absolute atomic E-state index is 0.169. The van der Waals surface area contributed by atoms with Crippen LogP contribution >= 0.6 is 0 Å². The molecule has 2 rings (SSSR count). The normalized spacial score (nSPS) is 18.1. The van der Waals surface area contributed by atoms with E-state index in [0.717, 1.165) is 12.0 Å². The quantitative estimate of drug-likeness (QED) is 0.739. The average molecular weight is 347 g/mol. The second-order valence-corrected chi connectivity index (χ2v) is 6.56. The smallest absolute Gasteiger partial charge is 0.329 e. The zero-order valence-electron chi connectivity index (χ0n) is 14.9. The Kier molecular flexibility index (Phi) is 6.56. The van der Waals surface area contributed by atoms with E-state index < -0.39 is 24.1 Å². The van der Waals surface area contributed by atoms with Gasteiger partial charge in [-0.2, -0.15) is 0 Å². The first-order valence-electron chi connectivity index (χ1n) is 8.58. The molecular weight excluding hydrogens is 322 g/mol. The molecule has 1 heterocycles. The lowest BCUT2D eigenvalue weighted by Crippen LogP contribution is -2.48. The zero-order valence-corrected chi connectivity index (χ0v) is 14.9. The number of amides is 1. The minimum atomic E-state index is -0.875. The molecule has 0 unspecified atom stereocenters. The van der Waals surface area contributed by atoms with Crippen LogP contribution in [0.25, 0.3) is 0 Å². The van der Waals surface area contributed by atoms with Crippen molar-refractivity contribution in [1.29, 1.82) is 0 Å². The molecule has 1 aromatic rings. The van der Waals surface area contributed by atoms with Crippen LogP contribution in [0.15, 0.2) is 30.3 Å². The van der Waals surface area contributed by atoms with Crippen molar-refractivity contribution in [1.82, 2.24) is 4.90 Å². The largest absolute Gasteiger partial charge is 0.459 e. The Hall–Kier alpha value is -2.37. The van der Waals surface area contributed by atoms with Crippen LogP contribution in [0.5, 0.6) is 0 Å². The van der Waals surface area contributed by atoms with Gasteiger partial charge in [-0.1, -0.05) is 44.2 Å². The summed E-state index contributed by atoms with van der Waals surface area (Å²) in [5.41, 5.74) is 0.895. The molecule has 0 bridgehead atoms. The van der Waals surface area contributed by atoms with Gasteiger partial charge in [-0.3, -0.25) is 9.59 Å². The van der Waals surface area contributed by atoms with Crippen LogP contribution in [0.4, 0.5) is 0 Å². The Labute approximate surface area is 148 Å². The summed E-state index contributed by atoms with van der Waals surface area (Å²) in [7, 11) is 0. The number of hydrogen-bond donors (Lipinski definition) is 0. The number of rotatable bonds is 6. The number of ether oxygens (including phenoxy) is 2. The summed E-state index contributed by atoms with van der Waals surface area (Å²) in [4.78, 5) is 37.9. The van der Waals surface area contributed by atoms with Crippen LogP contribution in [-0.4, -0.2) is 41.4 Å². The van der Waals surface area contributed by atoms with E-state index in [2.05, 4.69) is 0 Å². The van der Waals surface area contributed by atoms with Gasteiger partial charge in [0.1, 0.15) is 12.6 Å². The third-order valence-electron chi connectivity index (χ3n) is 4.17. The van der Waals surface area contributed by atoms with E-state index in [0.29, 0.717) is 13.0 Å². The molecule has 0 aliphatic carbocycles. The molecule has 0 radical (unpaired) electrons. The first kappa shape index (κ1) is 19.0. The van der Waals surface area contributed by atoms with E-state index in [9.17, 15) is 14.4 Å². The summed E-state index contributed by atoms with van der Waals surface area (Å²) in [6.45, 7) is 5.54. The van der Waals surface area contributed by atoms with Crippen molar-refractivity contribution in [3.63, 3.8) is 0 Å². The van der Waals surface area contributed by atoms with E-state index in [1.165, 1.54) is 11.8 Å². The van der Waals surface area contributed by atoms with Crippen molar-refractivity contribution >= 4 is 17.8 Å². The first-order chi connectivity index (χ1) is 11.9. The monoisotopic (exact) mass is 347 g/mol. The van der Waals surface area contributed by atoms with Crippen molar-refractivity contribution < 1.29 is 23.9 Å². The Morgan fingerprint density at radius 3 is 2.48 bits per heavy atom. The van der Waals surface area contributed by atoms with Gasteiger partial charge in [0.15, 0.2) is 6.10 Å². The number of esters is 2. The summed E-state index contributed by atoms with van der Waals surface area (Å²) in [6, 6.07) is 8.78. The van der Waals surface area contributed by atoms with Gasteiger partial charge in [0.25, 0.3) is 5.91 Å². The van der Waals surface area contributed by atoms with E-state index in [-0.39, 0.29) is 18.4 Å². The fraction of sp³-hybridized carbons (Fsp3) is 0.526. The summed E-state index contributed by atoms with van der Waals surface area (Å²) in [5.74, 6) is -1.42. The molecule has 6 nitrogen and oxygen atoms in total. The second kappa shape index (κ2) is 8.65. The number of likely N-dealkylation sites (tertiary alicyclic amines) is 1. The molecule has 1 aliphatic rings. The van der Waals surface area contributed by atoms with E-state index in [1.807, 2.05) is 44.2 Å². The highest BCUT2D eigenvalue weighted by atomic mass is 16.5. The lowest BCUT2D eigenvalue weighted by Gasteiger charge is -2.29. The van der Waals surface area contributed by atoms with Gasteiger partial charge >= 0.3 is 11.9 Å². The van der Waals surface area contributed by atoms with Crippen molar-refractivity contribution in [2.45, 2.75) is 52.4 Å². The Balaban J connectivity index is 2.01. The maximum Gasteiger partial charge on any atom is 0.329 e. The van der Waals surface area contributed by atoms with Crippen LogP contribution in [0.2, 0.25) is 0 Å². The summed E-state index contributed by atoms with van der Waals surface area (Å²) >= 11 is 0. The molecule has 0 N–H and O–H groups in total. The van der Waals surface area contributed by atoms with Crippen LogP contribution < -0.4 is 0 Å². The first-order valence-corrected chi connectivity index (χ1v) is 8.58. The number of carbonyl (C=O) groups is 3. The maximum atomic E-state index is 12.8. The van der Waals surface area contributed by atoms with Gasteiger partial charge in [0.05, 0.1) is 0 Å². The van der Waals surface area contributed by atoms with Gasteiger partial charge in [0, 0.05) is 13.5 Å². The minimum Gasteiger partial charge on any atom is -0.459 e. The topological polar surface area (TPSA) is 72.9 Å². The van der Waals surface area contributed by atoms with Gasteiger partial charge in [-0.15, -0.1) is 0 Å². The van der Waals surface area contributed by atoms with Crippen molar-refractivity contribution in [3.05, 3.63) is 35.9 Å². The number of carbonyl (C=O) groups excluding carboxylic acids is 3. The zero-order chi connectivity index (χ0) is 18.4. The summed E-state index contributed by atoms with van der Waals surface area (Å²) < 4.78 is 10.5. The van der Waals surface area contributed by atoms with Crippen LogP contribution in [-0.2, 0) is 30.5 Å². The van der Waals surface area contributed by atoms with Gasteiger partial charge < -0.3 is 14.4 Å². The van der Waals surface area contributed by atoms with Crippen molar-refractivity contribution in [2.75, 3.05) is 6.54 Å². The van der Waals surface area contributed by atoms with Gasteiger partial charge in [0.2, 0.25) is 0 Å². The van der Waals surface area contributed by atoms with E-state index in [1.54, 1.807) is 0 Å². The van der Waals surface area contributed by atoms with Crippen molar-refractivity contribution in [3.8, 4) is 0 Å². The predicted octanol–water partition coefficient (Wildman–Crippen LogP) is 2.31. The van der Waals surface area contributed by atoms with Gasteiger partial charge in [-0.05, 0) is 24.3 Å². The highest BCUT2D eigenvalue weighted by Crippen LogP contribution is 2.23. The van der Waals surface area contributed by atoms with E-state index in [4.69, 9.17) is 9.47 Å². The number of hydrogen-bond acceptors (Lipinski definition) is 5. The highest BCUT2D eigenvalue weighted by Gasteiger charge is 2.40. The Morgan fingerprint density at radius 1 is 1.20 bits per heavy atom. The molecule has 0 saturated carbocycles. The lowest BCUT2D eigenvalue weighted by atomic mass is 10.1. The number of benzene rings is 1. The second-order valence-electron chi connectivity index (χ2n) is 6.56. The maximum absolute atomic E-state index is 12.8. The molecule has 2 atom stereocenters. The fourth-order valence-corrected chi connectivity index (χ4v) is 2.91. The molecule has 136 valence electrons. The summed E-state index contributed by atoms with van der Waals surface area (Å²) in [6.07, 6.45) is 0.409. The molecule has 25 heavy (non-hydrogen) atoms. The Bertz CT molecular complexity index is 614. The Morgan fingerprint density at radius 2 is 1.88 bits per heavy atom. The van der Waals surface area contributed by atoms with Crippen LogP contribution in [0.1, 0.15) is 39.2 Å². The van der Waals surface area contributed by atoms with Crippen LogP contribution in [0.3, 0.4) is 0 Å². The highest BCUT2D eigenvalue weighted by molar-refractivity contribution is 5.89. The van der Waals surface area contributed by atoms with Crippen LogP contribution in [0, 0.1) is 5.92 Å². The third-order valence-corrected chi connectivity index (χ3v) is 4.17.